The second kappa shape index (κ2) is 12.4. The number of allylic oxidation sites excluding steroid dienone is 2. The van der Waals surface area contributed by atoms with Crippen molar-refractivity contribution in [1.29, 1.82) is 0 Å². The summed E-state index contributed by atoms with van der Waals surface area (Å²) in [6.45, 7) is 3.54. The fraction of sp³-hybridized carbons (Fsp3) is 0.429. The summed E-state index contributed by atoms with van der Waals surface area (Å²) in [4.78, 5) is 23.4. The van der Waals surface area contributed by atoms with Crippen LogP contribution in [0.3, 0.4) is 0 Å². The maximum absolute atomic E-state index is 12.4. The highest BCUT2D eigenvalue weighted by Crippen LogP contribution is 2.33. The normalized spacial score (nSPS) is 18.5. The molecule has 4 nitrogen and oxygen atoms in total. The van der Waals surface area contributed by atoms with Gasteiger partial charge in [0.15, 0.2) is 0 Å². The number of hydrogen-bond acceptors (Lipinski definition) is 3. The molecule has 0 bridgehead atoms. The Morgan fingerprint density at radius 1 is 1.06 bits per heavy atom. The largest absolute Gasteiger partial charge is 0.478 e. The molecule has 2 aromatic carbocycles. The maximum atomic E-state index is 12.4. The number of carboxylic acid groups (broad SMARTS) is 1. The van der Waals surface area contributed by atoms with E-state index in [0.29, 0.717) is 23.7 Å². The number of carbonyl (C=O) groups excluding carboxylic acids is 1. The quantitative estimate of drug-likeness (QED) is 0.345. The summed E-state index contributed by atoms with van der Waals surface area (Å²) in [5, 5.41) is 9.02. The Balaban J connectivity index is 1.47. The second-order valence-corrected chi connectivity index (χ2v) is 8.55. The molecular formula is C28H34O4. The third-order valence-corrected chi connectivity index (χ3v) is 6.31. The minimum atomic E-state index is -0.912. The maximum Gasteiger partial charge on any atom is 0.335 e. The summed E-state index contributed by atoms with van der Waals surface area (Å²) in [5.41, 5.74) is 4.04. The van der Waals surface area contributed by atoms with E-state index in [9.17, 15) is 9.59 Å². The fourth-order valence-corrected chi connectivity index (χ4v) is 4.47. The van der Waals surface area contributed by atoms with Crippen LogP contribution >= 0.6 is 0 Å². The Hall–Kier alpha value is -2.72. The van der Waals surface area contributed by atoms with E-state index in [0.717, 1.165) is 57.3 Å². The predicted octanol–water partition coefficient (Wildman–Crippen LogP) is 5.68. The van der Waals surface area contributed by atoms with Crippen LogP contribution in [0.4, 0.5) is 0 Å². The van der Waals surface area contributed by atoms with Gasteiger partial charge in [-0.15, -0.1) is 0 Å². The molecule has 0 spiro atoms. The van der Waals surface area contributed by atoms with Gasteiger partial charge >= 0.3 is 5.97 Å². The van der Waals surface area contributed by atoms with Crippen LogP contribution in [0.5, 0.6) is 0 Å². The van der Waals surface area contributed by atoms with Gasteiger partial charge in [0.05, 0.1) is 12.2 Å². The average Bonchev–Trinajstić information content (AvgIpc) is 3.15. The van der Waals surface area contributed by atoms with Gasteiger partial charge in [0.25, 0.3) is 0 Å². The van der Waals surface area contributed by atoms with Crippen LogP contribution in [-0.2, 0) is 28.8 Å². The van der Waals surface area contributed by atoms with Crippen molar-refractivity contribution >= 4 is 11.8 Å². The van der Waals surface area contributed by atoms with E-state index in [-0.39, 0.29) is 5.92 Å². The Bertz CT molecular complexity index is 913. The third-order valence-electron chi connectivity index (χ3n) is 6.31. The second-order valence-electron chi connectivity index (χ2n) is 8.55. The summed E-state index contributed by atoms with van der Waals surface area (Å²) >= 11 is 0. The molecule has 0 amide bonds. The zero-order chi connectivity index (χ0) is 22.8. The van der Waals surface area contributed by atoms with Crippen molar-refractivity contribution < 1.29 is 19.4 Å². The van der Waals surface area contributed by atoms with Crippen LogP contribution in [0.15, 0.2) is 60.7 Å². The molecule has 0 aromatic heterocycles. The topological polar surface area (TPSA) is 63.6 Å². The highest BCUT2D eigenvalue weighted by atomic mass is 16.5. The molecular weight excluding hydrogens is 400 g/mol. The number of carbonyl (C=O) groups is 2. The van der Waals surface area contributed by atoms with Gasteiger partial charge in [-0.05, 0) is 80.2 Å². The van der Waals surface area contributed by atoms with Crippen molar-refractivity contribution in [3.8, 4) is 0 Å². The first-order chi connectivity index (χ1) is 15.6. The Labute approximate surface area is 191 Å². The zero-order valence-electron chi connectivity index (χ0n) is 19.0. The van der Waals surface area contributed by atoms with Gasteiger partial charge in [0.2, 0.25) is 0 Å². The lowest BCUT2D eigenvalue weighted by molar-refractivity contribution is -0.121. The monoisotopic (exact) mass is 434 g/mol. The molecule has 32 heavy (non-hydrogen) atoms. The molecule has 1 N–H and O–H groups in total. The smallest absolute Gasteiger partial charge is 0.335 e. The SMILES string of the molecule is CCOCCc1cccc(CC/C=C/C2CCC(=O)[C@@H]2CCc2ccc(C(=O)O)cc2)c1. The lowest BCUT2D eigenvalue weighted by atomic mass is 9.89. The van der Waals surface area contributed by atoms with E-state index in [2.05, 4.69) is 36.4 Å². The highest BCUT2D eigenvalue weighted by molar-refractivity contribution is 5.87. The molecule has 0 radical (unpaired) electrons. The average molecular weight is 435 g/mol. The lowest BCUT2D eigenvalue weighted by Gasteiger charge is -2.15. The number of aromatic carboxylic acids is 1. The first-order valence-corrected chi connectivity index (χ1v) is 11.7. The van der Waals surface area contributed by atoms with Crippen LogP contribution in [-0.4, -0.2) is 30.1 Å². The molecule has 0 saturated heterocycles. The van der Waals surface area contributed by atoms with E-state index in [1.807, 2.05) is 19.1 Å². The lowest BCUT2D eigenvalue weighted by Crippen LogP contribution is -2.14. The van der Waals surface area contributed by atoms with E-state index in [1.165, 1.54) is 11.1 Å². The summed E-state index contributed by atoms with van der Waals surface area (Å²) in [5.74, 6) is -0.153. The van der Waals surface area contributed by atoms with Gasteiger partial charge in [0, 0.05) is 18.9 Å². The standard InChI is InChI=1S/C28H34O4/c1-2-32-19-18-23-8-5-7-22(20-23)6-3-4-9-24-15-17-27(29)26(24)16-12-21-10-13-25(14-11-21)28(30)31/h4-5,7-11,13-14,20,24,26H,2-3,6,12,15-19H2,1H3,(H,30,31)/b9-4+/t24?,26-/m1/s1. The van der Waals surface area contributed by atoms with Crippen LogP contribution < -0.4 is 0 Å². The van der Waals surface area contributed by atoms with Gasteiger partial charge < -0.3 is 9.84 Å². The highest BCUT2D eigenvalue weighted by Gasteiger charge is 2.32. The summed E-state index contributed by atoms with van der Waals surface area (Å²) in [7, 11) is 0. The number of ether oxygens (including phenoxy) is 1. The van der Waals surface area contributed by atoms with Crippen LogP contribution in [0, 0.1) is 11.8 Å². The van der Waals surface area contributed by atoms with Gasteiger partial charge in [-0.1, -0.05) is 48.6 Å². The molecule has 1 aliphatic carbocycles. The number of ketones is 1. The summed E-state index contributed by atoms with van der Waals surface area (Å²) in [6.07, 6.45) is 10.6. The van der Waals surface area contributed by atoms with Crippen molar-refractivity contribution in [1.82, 2.24) is 0 Å². The van der Waals surface area contributed by atoms with Crippen LogP contribution in [0.1, 0.15) is 59.7 Å². The first-order valence-electron chi connectivity index (χ1n) is 11.7. The predicted molar refractivity (Wildman–Crippen MR) is 127 cm³/mol. The number of rotatable bonds is 12. The third kappa shape index (κ3) is 7.16. The van der Waals surface area contributed by atoms with Crippen molar-refractivity contribution in [3.05, 3.63) is 82.9 Å². The van der Waals surface area contributed by atoms with Crippen molar-refractivity contribution in [2.24, 2.45) is 11.8 Å². The van der Waals surface area contributed by atoms with Gasteiger partial charge in [-0.25, -0.2) is 4.79 Å². The minimum absolute atomic E-state index is 0.0762. The van der Waals surface area contributed by atoms with Crippen molar-refractivity contribution in [2.45, 2.75) is 51.9 Å². The molecule has 1 unspecified atom stereocenters. The number of benzene rings is 2. The molecule has 1 fully saturated rings. The Morgan fingerprint density at radius 2 is 1.81 bits per heavy atom. The number of Topliss-reactive ketones (excluding diaryl/α,β-unsaturated/α-hetero) is 1. The molecule has 0 heterocycles. The van der Waals surface area contributed by atoms with Crippen molar-refractivity contribution in [2.75, 3.05) is 13.2 Å². The number of aryl methyl sites for hydroxylation is 2. The summed E-state index contributed by atoms with van der Waals surface area (Å²) in [6, 6.07) is 15.7. The molecule has 3 rings (SSSR count). The molecule has 2 atom stereocenters. The van der Waals surface area contributed by atoms with Gasteiger partial charge in [0.1, 0.15) is 5.78 Å². The Morgan fingerprint density at radius 3 is 2.53 bits per heavy atom. The molecule has 1 aliphatic rings. The molecule has 1 saturated carbocycles. The molecule has 2 aromatic rings. The first kappa shape index (κ1) is 23.9. The van der Waals surface area contributed by atoms with Crippen LogP contribution in [0.2, 0.25) is 0 Å². The van der Waals surface area contributed by atoms with Gasteiger partial charge in [-0.2, -0.15) is 0 Å². The minimum Gasteiger partial charge on any atom is -0.478 e. The molecule has 170 valence electrons. The zero-order valence-corrected chi connectivity index (χ0v) is 19.0. The van der Waals surface area contributed by atoms with Crippen molar-refractivity contribution in [3.63, 3.8) is 0 Å². The summed E-state index contributed by atoms with van der Waals surface area (Å²) < 4.78 is 5.45. The number of hydrogen-bond donors (Lipinski definition) is 1. The van der Waals surface area contributed by atoms with Gasteiger partial charge in [-0.3, -0.25) is 4.79 Å². The van der Waals surface area contributed by atoms with E-state index in [1.54, 1.807) is 12.1 Å². The van der Waals surface area contributed by atoms with Crippen LogP contribution in [0.25, 0.3) is 0 Å². The van der Waals surface area contributed by atoms with E-state index < -0.39 is 5.97 Å². The Kier molecular flexibility index (Phi) is 9.24. The van der Waals surface area contributed by atoms with E-state index in [4.69, 9.17) is 9.84 Å². The number of carboxylic acids is 1. The fourth-order valence-electron chi connectivity index (χ4n) is 4.47. The molecule has 0 aliphatic heterocycles. The van der Waals surface area contributed by atoms with E-state index >= 15 is 0 Å². The molecule has 4 heteroatoms.